The van der Waals surface area contributed by atoms with Crippen molar-refractivity contribution in [2.24, 2.45) is 5.10 Å². The molecule has 0 aliphatic rings. The predicted molar refractivity (Wildman–Crippen MR) is 137 cm³/mol. The Bertz CT molecular complexity index is 1230. The number of hydrogen-bond donors (Lipinski definition) is 2. The number of hydrogen-bond acceptors (Lipinski definition) is 5. The van der Waals surface area contributed by atoms with Gasteiger partial charge in [-0.2, -0.15) is 5.10 Å². The normalized spacial score (nSPS) is 10.7. The molecule has 3 aromatic carbocycles. The van der Waals surface area contributed by atoms with Crippen LogP contribution in [0.2, 0.25) is 5.02 Å². The van der Waals surface area contributed by atoms with E-state index in [4.69, 9.17) is 21.1 Å². The Balaban J connectivity index is 1.63. The van der Waals surface area contributed by atoms with Gasteiger partial charge in [-0.05, 0) is 67.4 Å². The van der Waals surface area contributed by atoms with Crippen LogP contribution in [0.1, 0.15) is 27.0 Å². The molecule has 3 aromatic rings. The summed E-state index contributed by atoms with van der Waals surface area (Å²) in [6.45, 7) is 3.66. The molecule has 0 fully saturated rings. The first kappa shape index (κ1) is 25.3. The molecule has 176 valence electrons. The Morgan fingerprint density at radius 2 is 1.82 bits per heavy atom. The molecule has 0 atom stereocenters. The number of carbonyl (C=O) groups excluding carboxylic acids is 2. The summed E-state index contributed by atoms with van der Waals surface area (Å²) in [4.78, 5) is 24.5. The highest BCUT2D eigenvalue weighted by Gasteiger charge is 2.14. The summed E-state index contributed by atoms with van der Waals surface area (Å²) in [5, 5.41) is 7.02. The molecule has 0 aliphatic heterocycles. The number of rotatable bonds is 8. The summed E-state index contributed by atoms with van der Waals surface area (Å²) in [6.07, 6.45) is 1.43. The number of benzene rings is 3. The predicted octanol–water partition coefficient (Wildman–Crippen LogP) is 5.51. The van der Waals surface area contributed by atoms with E-state index in [9.17, 15) is 9.59 Å². The van der Waals surface area contributed by atoms with Crippen molar-refractivity contribution in [3.8, 4) is 11.5 Å². The van der Waals surface area contributed by atoms with Crippen molar-refractivity contribution in [1.82, 2.24) is 5.43 Å². The quantitative estimate of drug-likeness (QED) is 0.289. The number of ether oxygens (including phenoxy) is 2. The molecule has 0 radical (unpaired) electrons. The van der Waals surface area contributed by atoms with Gasteiger partial charge in [-0.1, -0.05) is 45.2 Å². The van der Waals surface area contributed by atoms with Gasteiger partial charge < -0.3 is 14.8 Å². The van der Waals surface area contributed by atoms with Gasteiger partial charge in [0.15, 0.2) is 18.1 Å². The average Bonchev–Trinajstić information content (AvgIpc) is 2.80. The Morgan fingerprint density at radius 1 is 1.09 bits per heavy atom. The highest BCUT2D eigenvalue weighted by molar-refractivity contribution is 9.10. The molecule has 9 heteroatoms. The molecule has 3 rings (SSSR count). The number of hydrazone groups is 1. The molecule has 2 N–H and O–H groups in total. The van der Waals surface area contributed by atoms with Crippen molar-refractivity contribution >= 4 is 51.2 Å². The molecule has 0 spiro atoms. The van der Waals surface area contributed by atoms with E-state index in [1.165, 1.54) is 13.3 Å². The van der Waals surface area contributed by atoms with Crippen molar-refractivity contribution in [2.75, 3.05) is 19.0 Å². The maximum Gasteiger partial charge on any atom is 0.271 e. The number of nitrogens with zero attached hydrogens (tertiary/aromatic N) is 1. The van der Waals surface area contributed by atoms with Gasteiger partial charge in [0.2, 0.25) is 0 Å². The molecule has 34 heavy (non-hydrogen) atoms. The Kier molecular flexibility index (Phi) is 8.67. The third-order valence-electron chi connectivity index (χ3n) is 4.74. The van der Waals surface area contributed by atoms with Crippen LogP contribution in [0.25, 0.3) is 0 Å². The highest BCUT2D eigenvalue weighted by atomic mass is 79.9. The van der Waals surface area contributed by atoms with Gasteiger partial charge in [-0.15, -0.1) is 0 Å². The van der Waals surface area contributed by atoms with E-state index in [0.29, 0.717) is 22.6 Å². The molecule has 2 amide bonds. The molecule has 0 unspecified atom stereocenters. The third-order valence-corrected chi connectivity index (χ3v) is 5.55. The lowest BCUT2D eigenvalue weighted by Gasteiger charge is -2.14. The number of aryl methyl sites for hydroxylation is 2. The van der Waals surface area contributed by atoms with Crippen LogP contribution in [0.15, 0.2) is 64.2 Å². The summed E-state index contributed by atoms with van der Waals surface area (Å²) in [5.41, 5.74) is 6.29. The number of nitrogens with one attached hydrogen (secondary N) is 2. The topological polar surface area (TPSA) is 89.0 Å². The minimum Gasteiger partial charge on any atom is -0.493 e. The van der Waals surface area contributed by atoms with Gasteiger partial charge in [-0.25, -0.2) is 5.43 Å². The zero-order valence-electron chi connectivity index (χ0n) is 18.8. The van der Waals surface area contributed by atoms with Gasteiger partial charge in [0.1, 0.15) is 0 Å². The van der Waals surface area contributed by atoms with Crippen molar-refractivity contribution in [1.29, 1.82) is 0 Å². The van der Waals surface area contributed by atoms with Gasteiger partial charge in [0, 0.05) is 15.7 Å². The van der Waals surface area contributed by atoms with E-state index >= 15 is 0 Å². The molecular weight excluding hydrogens is 522 g/mol. The first-order valence-electron chi connectivity index (χ1n) is 10.2. The largest absolute Gasteiger partial charge is 0.493 e. The lowest BCUT2D eigenvalue weighted by atomic mass is 10.1. The first-order valence-corrected chi connectivity index (χ1v) is 11.4. The SMILES string of the molecule is COc1cc(/C=N/NC(=O)c2ccc(Br)cc2)cc(Cl)c1OCC(=O)Nc1ccc(C)cc1C. The second kappa shape index (κ2) is 11.7. The highest BCUT2D eigenvalue weighted by Crippen LogP contribution is 2.36. The lowest BCUT2D eigenvalue weighted by molar-refractivity contribution is -0.118. The lowest BCUT2D eigenvalue weighted by Crippen LogP contribution is -2.21. The van der Waals surface area contributed by atoms with Crippen molar-refractivity contribution in [3.05, 3.63) is 86.3 Å². The van der Waals surface area contributed by atoms with Crippen LogP contribution >= 0.6 is 27.5 Å². The summed E-state index contributed by atoms with van der Waals surface area (Å²) >= 11 is 9.69. The van der Waals surface area contributed by atoms with Gasteiger partial charge in [-0.3, -0.25) is 9.59 Å². The molecule has 7 nitrogen and oxygen atoms in total. The Labute approximate surface area is 211 Å². The number of anilines is 1. The zero-order valence-corrected chi connectivity index (χ0v) is 21.2. The van der Waals surface area contributed by atoms with Crippen molar-refractivity contribution in [2.45, 2.75) is 13.8 Å². The smallest absolute Gasteiger partial charge is 0.271 e. The summed E-state index contributed by atoms with van der Waals surface area (Å²) in [5.74, 6) is -0.119. The second-order valence-corrected chi connectivity index (χ2v) is 8.72. The standard InChI is InChI=1S/C25H23BrClN3O4/c1-15-4-9-21(16(2)10-15)29-23(31)14-34-24-20(27)11-17(12-22(24)33-3)13-28-30-25(32)18-5-7-19(26)8-6-18/h4-13H,14H2,1-3H3,(H,29,31)(H,30,32)/b28-13+. The van der Waals surface area contributed by atoms with E-state index in [1.54, 1.807) is 36.4 Å². The minimum atomic E-state index is -0.350. The van der Waals surface area contributed by atoms with Gasteiger partial charge in [0.25, 0.3) is 11.8 Å². The molecule has 0 heterocycles. The molecule has 0 saturated heterocycles. The zero-order chi connectivity index (χ0) is 24.7. The number of methoxy groups -OCH3 is 1. The van der Waals surface area contributed by atoms with Crippen LogP contribution in [0.3, 0.4) is 0 Å². The molecule has 0 aliphatic carbocycles. The van der Waals surface area contributed by atoms with E-state index < -0.39 is 0 Å². The van der Waals surface area contributed by atoms with E-state index in [2.05, 4.69) is 31.8 Å². The summed E-state index contributed by atoms with van der Waals surface area (Å²) in [6, 6.07) is 15.9. The van der Waals surface area contributed by atoms with E-state index in [1.807, 2.05) is 32.0 Å². The van der Waals surface area contributed by atoms with E-state index in [0.717, 1.165) is 15.6 Å². The van der Waals surface area contributed by atoms with Crippen LogP contribution < -0.4 is 20.2 Å². The number of amides is 2. The number of carbonyl (C=O) groups is 2. The summed E-state index contributed by atoms with van der Waals surface area (Å²) in [7, 11) is 1.46. The Hall–Kier alpha value is -3.36. The fourth-order valence-electron chi connectivity index (χ4n) is 3.06. The minimum absolute atomic E-state index is 0.232. The van der Waals surface area contributed by atoms with E-state index in [-0.39, 0.29) is 29.2 Å². The molecule has 0 bridgehead atoms. The second-order valence-electron chi connectivity index (χ2n) is 7.40. The van der Waals surface area contributed by atoms with Crippen LogP contribution in [0.5, 0.6) is 11.5 Å². The van der Waals surface area contributed by atoms with Gasteiger partial charge >= 0.3 is 0 Å². The maximum absolute atomic E-state index is 12.4. The van der Waals surface area contributed by atoms with Crippen LogP contribution in [-0.2, 0) is 4.79 Å². The third kappa shape index (κ3) is 6.82. The fraction of sp³-hybridized carbons (Fsp3) is 0.160. The number of halogens is 2. The average molecular weight is 545 g/mol. The first-order chi connectivity index (χ1) is 16.3. The monoisotopic (exact) mass is 543 g/mol. The van der Waals surface area contributed by atoms with Crippen molar-refractivity contribution < 1.29 is 19.1 Å². The maximum atomic E-state index is 12.4. The Morgan fingerprint density at radius 3 is 2.50 bits per heavy atom. The van der Waals surface area contributed by atoms with Crippen molar-refractivity contribution in [3.63, 3.8) is 0 Å². The fourth-order valence-corrected chi connectivity index (χ4v) is 3.60. The van der Waals surface area contributed by atoms with Crippen LogP contribution in [-0.4, -0.2) is 31.7 Å². The molecule has 0 saturated carbocycles. The van der Waals surface area contributed by atoms with Crippen LogP contribution in [0.4, 0.5) is 5.69 Å². The summed E-state index contributed by atoms with van der Waals surface area (Å²) < 4.78 is 11.9. The molecular formula is C25H23BrClN3O4. The van der Waals surface area contributed by atoms with Gasteiger partial charge in [0.05, 0.1) is 18.3 Å². The van der Waals surface area contributed by atoms with Crippen LogP contribution in [0, 0.1) is 13.8 Å². The molecule has 0 aromatic heterocycles.